The highest BCUT2D eigenvalue weighted by Crippen LogP contribution is 2.35. The molecule has 3 aromatic rings. The van der Waals surface area contributed by atoms with Gasteiger partial charge in [0.1, 0.15) is 6.04 Å². The third-order valence-electron chi connectivity index (χ3n) is 5.71. The average Bonchev–Trinajstić information content (AvgIpc) is 2.79. The van der Waals surface area contributed by atoms with E-state index in [0.29, 0.717) is 17.7 Å². The number of amides is 1. The zero-order valence-electron chi connectivity index (χ0n) is 17.4. The van der Waals surface area contributed by atoms with Gasteiger partial charge in [-0.1, -0.05) is 42.5 Å². The van der Waals surface area contributed by atoms with E-state index in [2.05, 4.69) is 10.4 Å². The molecule has 1 N–H and O–H groups in total. The van der Waals surface area contributed by atoms with Crippen LogP contribution in [0.4, 0.5) is 18.9 Å². The van der Waals surface area contributed by atoms with Crippen LogP contribution in [-0.4, -0.2) is 15.7 Å². The molecule has 0 saturated carbocycles. The summed E-state index contributed by atoms with van der Waals surface area (Å²) in [5.41, 5.74) is 1.30. The van der Waals surface area contributed by atoms with Crippen molar-refractivity contribution in [2.45, 2.75) is 44.8 Å². The maximum Gasteiger partial charge on any atom is 0.418 e. The molecule has 0 saturated heterocycles. The maximum absolute atomic E-state index is 13.3. The predicted molar refractivity (Wildman–Crippen MR) is 115 cm³/mol. The first-order chi connectivity index (χ1) is 15.3. The summed E-state index contributed by atoms with van der Waals surface area (Å²) in [6, 6.07) is 13.0. The Balaban J connectivity index is 1.74. The molecule has 1 atom stereocenters. The van der Waals surface area contributed by atoms with Gasteiger partial charge in [-0.15, -0.1) is 0 Å². The van der Waals surface area contributed by atoms with Crippen LogP contribution in [0.2, 0.25) is 0 Å². The monoisotopic (exact) mass is 441 g/mol. The Morgan fingerprint density at radius 2 is 1.62 bits per heavy atom. The van der Waals surface area contributed by atoms with Crippen molar-refractivity contribution in [2.75, 3.05) is 5.32 Å². The fraction of sp³-hybridized carbons (Fsp3) is 0.292. The molecule has 1 aliphatic carbocycles. The van der Waals surface area contributed by atoms with Gasteiger partial charge in [-0.05, 0) is 50.3 Å². The van der Waals surface area contributed by atoms with E-state index >= 15 is 0 Å². The number of fused-ring (bicyclic) bond motifs is 1. The summed E-state index contributed by atoms with van der Waals surface area (Å²) in [7, 11) is 0. The Kier molecular flexibility index (Phi) is 5.86. The summed E-state index contributed by atoms with van der Waals surface area (Å²) in [6.45, 7) is 1.46. The lowest BCUT2D eigenvalue weighted by molar-refractivity contribution is -0.137. The number of anilines is 1. The van der Waals surface area contributed by atoms with E-state index in [9.17, 15) is 22.8 Å². The Morgan fingerprint density at radius 1 is 1.00 bits per heavy atom. The molecule has 32 heavy (non-hydrogen) atoms. The fourth-order valence-corrected chi connectivity index (χ4v) is 4.03. The van der Waals surface area contributed by atoms with E-state index in [4.69, 9.17) is 0 Å². The minimum atomic E-state index is -4.62. The number of alkyl halides is 3. The van der Waals surface area contributed by atoms with E-state index in [1.165, 1.54) is 25.1 Å². The molecule has 0 aliphatic heterocycles. The normalized spacial score (nSPS) is 14.5. The zero-order valence-corrected chi connectivity index (χ0v) is 17.4. The molecule has 0 spiro atoms. The topological polar surface area (TPSA) is 64.0 Å². The minimum absolute atomic E-state index is 0.355. The number of nitrogens with zero attached hydrogens (tertiary/aromatic N) is 2. The van der Waals surface area contributed by atoms with E-state index in [1.807, 2.05) is 30.3 Å². The smallest absolute Gasteiger partial charge is 0.324 e. The van der Waals surface area contributed by atoms with Gasteiger partial charge in [0, 0.05) is 11.1 Å². The lowest BCUT2D eigenvalue weighted by Crippen LogP contribution is -2.37. The SMILES string of the molecule is C[C@@H](C(=O)Nc1ccccc1C(F)(F)F)n1nc(-c2ccccc2)c2c(c1=O)CCCC2. The summed E-state index contributed by atoms with van der Waals surface area (Å²) in [5.74, 6) is -0.744. The van der Waals surface area contributed by atoms with E-state index in [0.717, 1.165) is 41.1 Å². The lowest BCUT2D eigenvalue weighted by Gasteiger charge is -2.23. The van der Waals surface area contributed by atoms with Crippen LogP contribution < -0.4 is 10.9 Å². The minimum Gasteiger partial charge on any atom is -0.324 e. The molecule has 0 radical (unpaired) electrons. The van der Waals surface area contributed by atoms with Crippen LogP contribution in [0.5, 0.6) is 0 Å². The lowest BCUT2D eigenvalue weighted by atomic mass is 9.89. The van der Waals surface area contributed by atoms with Crippen LogP contribution in [0.3, 0.4) is 0 Å². The largest absolute Gasteiger partial charge is 0.418 e. The van der Waals surface area contributed by atoms with Crippen molar-refractivity contribution in [3.63, 3.8) is 0 Å². The van der Waals surface area contributed by atoms with Crippen molar-refractivity contribution in [1.29, 1.82) is 0 Å². The van der Waals surface area contributed by atoms with Gasteiger partial charge >= 0.3 is 6.18 Å². The third-order valence-corrected chi connectivity index (χ3v) is 5.71. The second-order valence-electron chi connectivity index (χ2n) is 7.84. The second kappa shape index (κ2) is 8.61. The van der Waals surface area contributed by atoms with Gasteiger partial charge in [-0.25, -0.2) is 4.68 Å². The highest BCUT2D eigenvalue weighted by atomic mass is 19.4. The molecule has 1 amide bonds. The van der Waals surface area contributed by atoms with E-state index in [1.54, 1.807) is 0 Å². The Labute approximate surface area is 182 Å². The van der Waals surface area contributed by atoms with Gasteiger partial charge in [-0.3, -0.25) is 9.59 Å². The number of para-hydroxylation sites is 1. The number of hydrogen-bond donors (Lipinski definition) is 1. The number of hydrogen-bond acceptors (Lipinski definition) is 3. The van der Waals surface area contributed by atoms with Crippen molar-refractivity contribution in [3.05, 3.63) is 81.6 Å². The fourth-order valence-electron chi connectivity index (χ4n) is 4.03. The molecule has 2 aromatic carbocycles. The number of aromatic nitrogens is 2. The molecule has 5 nitrogen and oxygen atoms in total. The van der Waals surface area contributed by atoms with Gasteiger partial charge < -0.3 is 5.32 Å². The van der Waals surface area contributed by atoms with Crippen LogP contribution in [-0.2, 0) is 23.8 Å². The molecule has 1 aliphatic rings. The first kappa shape index (κ1) is 21.8. The van der Waals surface area contributed by atoms with Crippen molar-refractivity contribution in [2.24, 2.45) is 0 Å². The predicted octanol–water partition coefficient (Wildman–Crippen LogP) is 5.01. The standard InChI is InChI=1S/C24H22F3N3O2/c1-15(22(31)28-20-14-8-7-13-19(20)24(25,26)27)30-23(32)18-12-6-5-11-17(18)21(29-30)16-9-3-2-4-10-16/h2-4,7-10,13-15H,5-6,11-12H2,1H3,(H,28,31)/t15-/m0/s1. The third kappa shape index (κ3) is 4.17. The van der Waals surface area contributed by atoms with Gasteiger partial charge in [0.15, 0.2) is 0 Å². The van der Waals surface area contributed by atoms with Crippen LogP contribution in [0.25, 0.3) is 11.3 Å². The number of benzene rings is 2. The summed E-state index contributed by atoms with van der Waals surface area (Å²) in [5, 5.41) is 6.83. The summed E-state index contributed by atoms with van der Waals surface area (Å²) in [6.07, 6.45) is -1.50. The average molecular weight is 441 g/mol. The Bertz CT molecular complexity index is 1200. The number of nitrogens with one attached hydrogen (secondary N) is 1. The van der Waals surface area contributed by atoms with Crippen molar-refractivity contribution in [1.82, 2.24) is 9.78 Å². The van der Waals surface area contributed by atoms with Crippen LogP contribution >= 0.6 is 0 Å². The molecule has 0 unspecified atom stereocenters. The first-order valence-corrected chi connectivity index (χ1v) is 10.4. The van der Waals surface area contributed by atoms with Gasteiger partial charge in [-0.2, -0.15) is 18.3 Å². The Hall–Kier alpha value is -3.42. The molecule has 8 heteroatoms. The summed E-state index contributed by atoms with van der Waals surface area (Å²) >= 11 is 0. The first-order valence-electron chi connectivity index (χ1n) is 10.4. The van der Waals surface area contributed by atoms with Crippen LogP contribution in [0.15, 0.2) is 59.4 Å². The molecular formula is C24H22F3N3O2. The van der Waals surface area contributed by atoms with E-state index < -0.39 is 23.7 Å². The van der Waals surface area contributed by atoms with Crippen LogP contribution in [0.1, 0.15) is 42.5 Å². The summed E-state index contributed by atoms with van der Waals surface area (Å²) in [4.78, 5) is 26.0. The molecule has 4 rings (SSSR count). The molecular weight excluding hydrogens is 419 g/mol. The zero-order chi connectivity index (χ0) is 22.9. The van der Waals surface area contributed by atoms with Gasteiger partial charge in [0.25, 0.3) is 5.56 Å². The molecule has 0 fully saturated rings. The number of rotatable bonds is 4. The molecule has 166 valence electrons. The maximum atomic E-state index is 13.3. The van der Waals surface area contributed by atoms with Gasteiger partial charge in [0.2, 0.25) is 5.91 Å². The molecule has 1 heterocycles. The quantitative estimate of drug-likeness (QED) is 0.619. The highest BCUT2D eigenvalue weighted by Gasteiger charge is 2.34. The Morgan fingerprint density at radius 3 is 2.31 bits per heavy atom. The van der Waals surface area contributed by atoms with Crippen molar-refractivity contribution < 1.29 is 18.0 Å². The molecule has 1 aromatic heterocycles. The number of carbonyl (C=O) groups is 1. The number of carbonyl (C=O) groups excluding carboxylic acids is 1. The second-order valence-corrected chi connectivity index (χ2v) is 7.84. The molecule has 0 bridgehead atoms. The van der Waals surface area contributed by atoms with Gasteiger partial charge in [0.05, 0.1) is 16.9 Å². The van der Waals surface area contributed by atoms with Crippen LogP contribution in [0, 0.1) is 0 Å². The highest BCUT2D eigenvalue weighted by molar-refractivity contribution is 5.94. The van der Waals surface area contributed by atoms with Crippen molar-refractivity contribution >= 4 is 11.6 Å². The van der Waals surface area contributed by atoms with E-state index in [-0.39, 0.29) is 11.2 Å². The summed E-state index contributed by atoms with van der Waals surface area (Å²) < 4.78 is 41.0. The number of halogens is 3. The van der Waals surface area contributed by atoms with Crippen molar-refractivity contribution in [3.8, 4) is 11.3 Å².